The molecule has 0 bridgehead atoms. The quantitative estimate of drug-likeness (QED) is 0.553. The number of para-hydroxylation sites is 1. The van der Waals surface area contributed by atoms with Gasteiger partial charge in [0.1, 0.15) is 17.5 Å². The van der Waals surface area contributed by atoms with Gasteiger partial charge in [-0.25, -0.2) is 8.42 Å². The Kier molecular flexibility index (Phi) is 6.54. The van der Waals surface area contributed by atoms with Crippen LogP contribution >= 0.6 is 0 Å². The van der Waals surface area contributed by atoms with Crippen LogP contribution in [0.4, 0.5) is 0 Å². The Morgan fingerprint density at radius 3 is 1.83 bits per heavy atom. The van der Waals surface area contributed by atoms with Crippen LogP contribution < -0.4 is 9.46 Å². The molecule has 3 aromatic carbocycles. The first-order valence-electron chi connectivity index (χ1n) is 9.45. The van der Waals surface area contributed by atoms with E-state index in [2.05, 4.69) is 4.72 Å². The van der Waals surface area contributed by atoms with Gasteiger partial charge in [-0.3, -0.25) is 4.79 Å². The highest BCUT2D eigenvalue weighted by atomic mass is 32.2. The lowest BCUT2D eigenvalue weighted by Crippen LogP contribution is -2.44. The zero-order valence-corrected chi connectivity index (χ0v) is 17.5. The zero-order chi connectivity index (χ0) is 21.7. The second-order valence-corrected chi connectivity index (χ2v) is 8.86. The van der Waals surface area contributed by atoms with E-state index in [0.29, 0.717) is 5.75 Å². The number of nitrogens with one attached hydrogen (secondary N) is 1. The summed E-state index contributed by atoms with van der Waals surface area (Å²) in [5.74, 6) is -0.147. The molecule has 0 fully saturated rings. The van der Waals surface area contributed by atoms with Crippen molar-refractivity contribution in [1.82, 2.24) is 4.72 Å². The Bertz CT molecular complexity index is 1090. The van der Waals surface area contributed by atoms with Crippen LogP contribution in [0.2, 0.25) is 0 Å². The van der Waals surface area contributed by atoms with Crippen LogP contribution in [0.25, 0.3) is 11.1 Å². The van der Waals surface area contributed by atoms with Crippen LogP contribution in [0.15, 0.2) is 83.8 Å². The molecule has 0 aliphatic heterocycles. The maximum Gasteiger partial charge on any atom is 0.322 e. The molecule has 0 aromatic heterocycles. The molecular formula is C23H23NO5S. The highest BCUT2D eigenvalue weighted by molar-refractivity contribution is 7.89. The second kappa shape index (κ2) is 9.11. The first kappa shape index (κ1) is 21.5. The van der Waals surface area contributed by atoms with Gasteiger partial charge < -0.3 is 9.84 Å². The molecule has 7 heteroatoms. The molecule has 3 rings (SSSR count). The van der Waals surface area contributed by atoms with Crippen LogP contribution in [-0.4, -0.2) is 25.5 Å². The molecule has 156 valence electrons. The average molecular weight is 426 g/mol. The van der Waals surface area contributed by atoms with Gasteiger partial charge in [0, 0.05) is 0 Å². The average Bonchev–Trinajstić information content (AvgIpc) is 2.73. The molecule has 0 saturated carbocycles. The van der Waals surface area contributed by atoms with Gasteiger partial charge in [0.25, 0.3) is 0 Å². The Hall–Kier alpha value is -3.16. The molecule has 3 aromatic rings. The van der Waals surface area contributed by atoms with E-state index in [1.54, 1.807) is 26.0 Å². The fourth-order valence-electron chi connectivity index (χ4n) is 2.87. The van der Waals surface area contributed by atoms with Gasteiger partial charge in [-0.2, -0.15) is 4.72 Å². The maximum atomic E-state index is 12.5. The lowest BCUT2D eigenvalue weighted by atomic mass is 10.1. The number of carbonyl (C=O) groups is 1. The van der Waals surface area contributed by atoms with E-state index < -0.39 is 22.0 Å². The molecule has 0 heterocycles. The molecule has 0 amide bonds. The third-order valence-corrected chi connectivity index (χ3v) is 6.00. The van der Waals surface area contributed by atoms with E-state index in [9.17, 15) is 18.3 Å². The largest absolute Gasteiger partial charge is 0.480 e. The van der Waals surface area contributed by atoms with Crippen molar-refractivity contribution < 1.29 is 23.1 Å². The number of hydrogen-bond acceptors (Lipinski definition) is 4. The number of benzene rings is 3. The number of carboxylic acid groups (broad SMARTS) is 1. The Balaban J connectivity index is 1.74. The van der Waals surface area contributed by atoms with Crippen LogP contribution in [0.3, 0.4) is 0 Å². The number of ether oxygens (including phenoxy) is 1. The predicted octanol–water partition coefficient (Wildman–Crippen LogP) is 4.53. The third-order valence-electron chi connectivity index (χ3n) is 4.55. The topological polar surface area (TPSA) is 92.7 Å². The number of sulfonamides is 1. The summed E-state index contributed by atoms with van der Waals surface area (Å²) in [6, 6.07) is 22.0. The van der Waals surface area contributed by atoms with Crippen molar-refractivity contribution in [1.29, 1.82) is 0 Å². The van der Waals surface area contributed by atoms with Gasteiger partial charge in [0.15, 0.2) is 0 Å². The summed E-state index contributed by atoms with van der Waals surface area (Å²) in [5, 5.41) is 9.23. The van der Waals surface area contributed by atoms with Crippen LogP contribution in [0.5, 0.6) is 11.5 Å². The van der Waals surface area contributed by atoms with Gasteiger partial charge in [-0.15, -0.1) is 0 Å². The standard InChI is InChI=1S/C23H23NO5S/c1-16(2)22(23(25)26)24-30(27,28)21-14-10-18(11-15-21)17-8-12-20(13-9-17)29-19-6-4-3-5-7-19/h3-16,22,24H,1-2H3,(H,25,26)/t22-/m1/s1. The molecule has 0 saturated heterocycles. The molecular weight excluding hydrogens is 402 g/mol. The molecule has 1 atom stereocenters. The normalized spacial score (nSPS) is 12.5. The van der Waals surface area contributed by atoms with Crippen molar-refractivity contribution in [2.24, 2.45) is 5.92 Å². The highest BCUT2D eigenvalue weighted by Gasteiger charge is 2.27. The van der Waals surface area contributed by atoms with Crippen LogP contribution in [0, 0.1) is 5.92 Å². The van der Waals surface area contributed by atoms with E-state index in [0.717, 1.165) is 16.9 Å². The Morgan fingerprint density at radius 1 is 0.833 bits per heavy atom. The number of carboxylic acids is 1. The molecule has 0 radical (unpaired) electrons. The summed E-state index contributed by atoms with van der Waals surface area (Å²) < 4.78 is 33.1. The lowest BCUT2D eigenvalue weighted by molar-refractivity contribution is -0.140. The van der Waals surface area contributed by atoms with Gasteiger partial charge in [0.2, 0.25) is 10.0 Å². The van der Waals surface area contributed by atoms with Gasteiger partial charge >= 0.3 is 5.97 Å². The van der Waals surface area contributed by atoms with E-state index in [-0.39, 0.29) is 10.8 Å². The summed E-state index contributed by atoms with van der Waals surface area (Å²) in [6.07, 6.45) is 0. The molecule has 30 heavy (non-hydrogen) atoms. The van der Waals surface area contributed by atoms with Gasteiger partial charge in [0.05, 0.1) is 4.90 Å². The molecule has 0 aliphatic carbocycles. The van der Waals surface area contributed by atoms with E-state index >= 15 is 0 Å². The van der Waals surface area contributed by atoms with Crippen molar-refractivity contribution >= 4 is 16.0 Å². The first-order valence-corrected chi connectivity index (χ1v) is 10.9. The molecule has 2 N–H and O–H groups in total. The van der Waals surface area contributed by atoms with Crippen molar-refractivity contribution in [3.63, 3.8) is 0 Å². The predicted molar refractivity (Wildman–Crippen MR) is 115 cm³/mol. The smallest absolute Gasteiger partial charge is 0.322 e. The minimum atomic E-state index is -3.94. The number of rotatable bonds is 8. The second-order valence-electron chi connectivity index (χ2n) is 7.15. The number of aliphatic carboxylic acids is 1. The zero-order valence-electron chi connectivity index (χ0n) is 16.6. The summed E-state index contributed by atoms with van der Waals surface area (Å²) in [6.45, 7) is 3.30. The van der Waals surface area contributed by atoms with Crippen molar-refractivity contribution in [3.8, 4) is 22.6 Å². The molecule has 0 aliphatic rings. The van der Waals surface area contributed by atoms with Crippen LogP contribution in [-0.2, 0) is 14.8 Å². The molecule has 6 nitrogen and oxygen atoms in total. The van der Waals surface area contributed by atoms with Gasteiger partial charge in [-0.1, -0.05) is 56.3 Å². The van der Waals surface area contributed by atoms with E-state index in [1.807, 2.05) is 54.6 Å². The third kappa shape index (κ3) is 5.25. The Labute approximate surface area is 176 Å². The van der Waals surface area contributed by atoms with Gasteiger partial charge in [-0.05, 0) is 53.4 Å². The fourth-order valence-corrected chi connectivity index (χ4v) is 4.21. The fraction of sp³-hybridized carbons (Fsp3) is 0.174. The summed E-state index contributed by atoms with van der Waals surface area (Å²) in [5.41, 5.74) is 1.73. The summed E-state index contributed by atoms with van der Waals surface area (Å²) in [4.78, 5) is 11.3. The van der Waals surface area contributed by atoms with Crippen molar-refractivity contribution in [3.05, 3.63) is 78.9 Å². The Morgan fingerprint density at radius 2 is 1.33 bits per heavy atom. The van der Waals surface area contributed by atoms with Crippen molar-refractivity contribution in [2.75, 3.05) is 0 Å². The highest BCUT2D eigenvalue weighted by Crippen LogP contribution is 2.26. The minimum Gasteiger partial charge on any atom is -0.480 e. The monoisotopic (exact) mass is 425 g/mol. The first-order chi connectivity index (χ1) is 14.3. The lowest BCUT2D eigenvalue weighted by Gasteiger charge is -2.18. The number of hydrogen-bond donors (Lipinski definition) is 2. The summed E-state index contributed by atoms with van der Waals surface area (Å²) >= 11 is 0. The van der Waals surface area contributed by atoms with Crippen molar-refractivity contribution in [2.45, 2.75) is 24.8 Å². The summed E-state index contributed by atoms with van der Waals surface area (Å²) in [7, 11) is -3.94. The molecule has 0 unspecified atom stereocenters. The SMILES string of the molecule is CC(C)[C@@H](NS(=O)(=O)c1ccc(-c2ccc(Oc3ccccc3)cc2)cc1)C(=O)O. The van der Waals surface area contributed by atoms with E-state index in [4.69, 9.17) is 4.74 Å². The maximum absolute atomic E-state index is 12.5. The van der Waals surface area contributed by atoms with Crippen LogP contribution in [0.1, 0.15) is 13.8 Å². The minimum absolute atomic E-state index is 0.0159. The van der Waals surface area contributed by atoms with E-state index in [1.165, 1.54) is 12.1 Å². The molecule has 0 spiro atoms.